The highest BCUT2D eigenvalue weighted by Gasteiger charge is 2.60. The third-order valence-electron chi connectivity index (χ3n) is 1.09. The molecule has 0 rings (SSSR count). The van der Waals surface area contributed by atoms with Crippen molar-refractivity contribution in [1.82, 2.24) is 0 Å². The third-order valence-corrected chi connectivity index (χ3v) is 1.09. The molecule has 0 spiro atoms. The molecule has 0 radical (unpaired) electrons. The first-order valence-electron chi connectivity index (χ1n) is 3.14. The maximum Gasteiger partial charge on any atom is 0.466 e. The van der Waals surface area contributed by atoms with E-state index >= 15 is 0 Å². The molecular formula is C6F10. The summed E-state index contributed by atoms with van der Waals surface area (Å²) in [5.74, 6) is -12.7. The van der Waals surface area contributed by atoms with Gasteiger partial charge >= 0.3 is 24.2 Å². The maximum atomic E-state index is 11.8. The maximum absolute atomic E-state index is 11.8. The topological polar surface area (TPSA) is 0 Å². The first kappa shape index (κ1) is 14.9. The van der Waals surface area contributed by atoms with E-state index < -0.39 is 36.0 Å². The molecule has 0 saturated carbocycles. The summed E-state index contributed by atoms with van der Waals surface area (Å²) in [5, 5.41) is 0. The van der Waals surface area contributed by atoms with Crippen LogP contribution >= 0.6 is 0 Å². The van der Waals surface area contributed by atoms with Crippen molar-refractivity contribution in [1.29, 1.82) is 0 Å². The van der Waals surface area contributed by atoms with Crippen LogP contribution in [0.2, 0.25) is 0 Å². The van der Waals surface area contributed by atoms with Gasteiger partial charge in [0.25, 0.3) is 0 Å². The van der Waals surface area contributed by atoms with Gasteiger partial charge < -0.3 is 0 Å². The Hall–Kier alpha value is -1.14. The SMILES string of the molecule is FC(F)(F)C(F)(F)C#CC(F)(F)C(F)(F)F. The Morgan fingerprint density at radius 3 is 0.750 bits per heavy atom. The van der Waals surface area contributed by atoms with Gasteiger partial charge in [0.2, 0.25) is 0 Å². The second kappa shape index (κ2) is 3.71. The standard InChI is InChI=1S/C6F10/c7-3(8,5(11,12)13)1-2-4(9,10)6(14,15)16. The van der Waals surface area contributed by atoms with Crippen LogP contribution in [0.5, 0.6) is 0 Å². The van der Waals surface area contributed by atoms with Crippen molar-refractivity contribution in [2.45, 2.75) is 24.2 Å². The van der Waals surface area contributed by atoms with Crippen molar-refractivity contribution in [2.24, 2.45) is 0 Å². The Bertz CT molecular complexity index is 277. The summed E-state index contributed by atoms with van der Waals surface area (Å²) >= 11 is 0. The van der Waals surface area contributed by atoms with Crippen LogP contribution in [0.25, 0.3) is 0 Å². The van der Waals surface area contributed by atoms with E-state index in [-0.39, 0.29) is 0 Å². The van der Waals surface area contributed by atoms with Crippen LogP contribution in [0.15, 0.2) is 0 Å². The predicted octanol–water partition coefficient (Wildman–Crippen LogP) is 3.38. The molecule has 0 bridgehead atoms. The molecule has 0 saturated heterocycles. The zero-order chi connectivity index (χ0) is 13.4. The molecule has 0 nitrogen and oxygen atoms in total. The molecule has 0 N–H and O–H groups in total. The van der Waals surface area contributed by atoms with E-state index in [4.69, 9.17) is 0 Å². The second-order valence-electron chi connectivity index (χ2n) is 2.39. The lowest BCUT2D eigenvalue weighted by molar-refractivity contribution is -0.260. The van der Waals surface area contributed by atoms with Crippen LogP contribution in [-0.4, -0.2) is 24.2 Å². The molecule has 0 heterocycles. The van der Waals surface area contributed by atoms with Gasteiger partial charge in [0, 0.05) is 0 Å². The Morgan fingerprint density at radius 2 is 0.625 bits per heavy atom. The Labute approximate surface area is 81.2 Å². The van der Waals surface area contributed by atoms with Gasteiger partial charge in [-0.2, -0.15) is 43.9 Å². The first-order chi connectivity index (χ1) is 6.71. The first-order valence-corrected chi connectivity index (χ1v) is 3.14. The highest BCUT2D eigenvalue weighted by atomic mass is 19.4. The fourth-order valence-corrected chi connectivity index (χ4v) is 0.299. The van der Waals surface area contributed by atoms with Crippen molar-refractivity contribution < 1.29 is 43.9 Å². The molecule has 0 amide bonds. The zero-order valence-corrected chi connectivity index (χ0v) is 6.78. The predicted molar refractivity (Wildman–Crippen MR) is 29.8 cm³/mol. The second-order valence-corrected chi connectivity index (χ2v) is 2.39. The number of hydrogen-bond donors (Lipinski definition) is 0. The summed E-state index contributed by atoms with van der Waals surface area (Å²) in [4.78, 5) is 0. The minimum atomic E-state index is -6.32. The van der Waals surface area contributed by atoms with Gasteiger partial charge in [0.1, 0.15) is 0 Å². The van der Waals surface area contributed by atoms with Crippen molar-refractivity contribution >= 4 is 0 Å². The third kappa shape index (κ3) is 3.18. The molecule has 0 aromatic rings. The lowest BCUT2D eigenvalue weighted by atomic mass is 10.2. The van der Waals surface area contributed by atoms with Gasteiger partial charge in [-0.1, -0.05) is 0 Å². The zero-order valence-electron chi connectivity index (χ0n) is 6.78. The Balaban J connectivity index is 5.17. The van der Waals surface area contributed by atoms with E-state index in [0.717, 1.165) is 0 Å². The summed E-state index contributed by atoms with van der Waals surface area (Å²) in [7, 11) is 0. The van der Waals surface area contributed by atoms with Crippen LogP contribution in [0.3, 0.4) is 0 Å². The number of alkyl halides is 10. The van der Waals surface area contributed by atoms with E-state index in [9.17, 15) is 43.9 Å². The number of hydrogen-bond acceptors (Lipinski definition) is 0. The average molecular weight is 262 g/mol. The van der Waals surface area contributed by atoms with Crippen LogP contribution in [0.1, 0.15) is 0 Å². The summed E-state index contributed by atoms with van der Waals surface area (Å²) in [6.07, 6.45) is -12.6. The summed E-state index contributed by atoms with van der Waals surface area (Å²) in [6, 6.07) is 0. The molecule has 0 aliphatic carbocycles. The van der Waals surface area contributed by atoms with Gasteiger partial charge in [-0.15, -0.1) is 0 Å². The van der Waals surface area contributed by atoms with Gasteiger partial charge in [0.05, 0.1) is 0 Å². The Kier molecular flexibility index (Phi) is 3.44. The molecule has 16 heavy (non-hydrogen) atoms. The van der Waals surface area contributed by atoms with Gasteiger partial charge in [-0.05, 0) is 11.8 Å². The largest absolute Gasteiger partial charge is 0.466 e. The van der Waals surface area contributed by atoms with Crippen LogP contribution in [0, 0.1) is 11.8 Å². The van der Waals surface area contributed by atoms with E-state index in [2.05, 4.69) is 0 Å². The fourth-order valence-electron chi connectivity index (χ4n) is 0.299. The smallest absolute Gasteiger partial charge is 0.181 e. The quantitative estimate of drug-likeness (QED) is 0.463. The minimum Gasteiger partial charge on any atom is -0.181 e. The van der Waals surface area contributed by atoms with Gasteiger partial charge in [-0.3, -0.25) is 0 Å². The fraction of sp³-hybridized carbons (Fsp3) is 0.667. The molecule has 0 fully saturated rings. The molecular weight excluding hydrogens is 262 g/mol. The number of rotatable bonds is 0. The number of halogens is 10. The molecule has 0 aliphatic rings. The molecule has 0 atom stereocenters. The normalized spacial score (nSPS) is 14.4. The molecule has 10 heteroatoms. The van der Waals surface area contributed by atoms with Crippen LogP contribution < -0.4 is 0 Å². The van der Waals surface area contributed by atoms with Gasteiger partial charge in [-0.25, -0.2) is 0 Å². The van der Waals surface area contributed by atoms with E-state index in [1.165, 1.54) is 0 Å². The summed E-state index contributed by atoms with van der Waals surface area (Å²) in [6.45, 7) is 0. The highest BCUT2D eigenvalue weighted by Crippen LogP contribution is 2.37. The van der Waals surface area contributed by atoms with Crippen molar-refractivity contribution in [3.8, 4) is 11.8 Å². The molecule has 94 valence electrons. The van der Waals surface area contributed by atoms with Crippen LogP contribution in [-0.2, 0) is 0 Å². The Morgan fingerprint density at radius 1 is 0.438 bits per heavy atom. The van der Waals surface area contributed by atoms with Crippen molar-refractivity contribution in [2.75, 3.05) is 0 Å². The highest BCUT2D eigenvalue weighted by molar-refractivity contribution is 5.19. The lowest BCUT2D eigenvalue weighted by Gasteiger charge is -2.15. The summed E-state index contributed by atoms with van der Waals surface area (Å²) < 4.78 is 115. The van der Waals surface area contributed by atoms with E-state index in [1.807, 2.05) is 0 Å². The monoisotopic (exact) mass is 262 g/mol. The van der Waals surface area contributed by atoms with Crippen molar-refractivity contribution in [3.63, 3.8) is 0 Å². The molecule has 0 aromatic heterocycles. The lowest BCUT2D eigenvalue weighted by Crippen LogP contribution is -2.38. The van der Waals surface area contributed by atoms with Crippen molar-refractivity contribution in [3.05, 3.63) is 0 Å². The summed E-state index contributed by atoms with van der Waals surface area (Å²) in [5.41, 5.74) is 0. The molecule has 0 unspecified atom stereocenters. The van der Waals surface area contributed by atoms with E-state index in [1.54, 1.807) is 0 Å². The molecule has 0 aliphatic heterocycles. The minimum absolute atomic E-state index is 0.433. The average Bonchev–Trinajstić information content (AvgIpc) is 1.97. The van der Waals surface area contributed by atoms with Crippen LogP contribution in [0.4, 0.5) is 43.9 Å². The van der Waals surface area contributed by atoms with E-state index in [0.29, 0.717) is 0 Å². The molecule has 0 aromatic carbocycles. The van der Waals surface area contributed by atoms with Gasteiger partial charge in [0.15, 0.2) is 0 Å².